The van der Waals surface area contributed by atoms with Crippen molar-refractivity contribution in [3.63, 3.8) is 0 Å². The number of nitrogens with zero attached hydrogens (tertiary/aromatic N) is 3. The zero-order valence-electron chi connectivity index (χ0n) is 11.8. The maximum Gasteiger partial charge on any atom is 0.194 e. The molecule has 0 saturated heterocycles. The number of thiazole rings is 1. The number of hydrogen-bond acceptors (Lipinski definition) is 3. The van der Waals surface area contributed by atoms with Gasteiger partial charge in [0, 0.05) is 34.6 Å². The van der Waals surface area contributed by atoms with Crippen molar-refractivity contribution in [2.24, 2.45) is 0 Å². The Morgan fingerprint density at radius 1 is 1.09 bits per heavy atom. The van der Waals surface area contributed by atoms with Crippen molar-refractivity contribution in [3.8, 4) is 22.5 Å². The molecule has 0 aliphatic heterocycles. The first kappa shape index (κ1) is 13.2. The first-order chi connectivity index (χ1) is 10.7. The minimum Gasteiger partial charge on any atom is -0.289 e. The lowest BCUT2D eigenvalue weighted by Gasteiger charge is -2.04. The van der Waals surface area contributed by atoms with Gasteiger partial charge in [-0.15, -0.1) is 11.3 Å². The van der Waals surface area contributed by atoms with E-state index in [4.69, 9.17) is 4.98 Å². The highest BCUT2D eigenvalue weighted by Crippen LogP contribution is 2.34. The van der Waals surface area contributed by atoms with Gasteiger partial charge in [-0.25, -0.2) is 9.37 Å². The minimum atomic E-state index is -0.247. The second-order valence-electron chi connectivity index (χ2n) is 5.05. The maximum atomic E-state index is 13.2. The fraction of sp³-hybridized carbons (Fsp3) is 0.0588. The Balaban J connectivity index is 2.02. The third kappa shape index (κ3) is 2.10. The van der Waals surface area contributed by atoms with Gasteiger partial charge in [0.1, 0.15) is 5.82 Å². The fourth-order valence-corrected chi connectivity index (χ4v) is 3.37. The number of aryl methyl sites for hydroxylation is 1. The lowest BCUT2D eigenvalue weighted by Crippen LogP contribution is -1.88. The summed E-state index contributed by atoms with van der Waals surface area (Å²) >= 11 is 1.64. The maximum absolute atomic E-state index is 13.2. The van der Waals surface area contributed by atoms with Crippen molar-refractivity contribution in [1.29, 1.82) is 0 Å². The number of imidazole rings is 1. The second-order valence-corrected chi connectivity index (χ2v) is 6.27. The summed E-state index contributed by atoms with van der Waals surface area (Å²) in [4.78, 5) is 11.1. The van der Waals surface area contributed by atoms with Crippen molar-refractivity contribution in [3.05, 3.63) is 65.7 Å². The van der Waals surface area contributed by atoms with Crippen LogP contribution in [0.4, 0.5) is 4.39 Å². The van der Waals surface area contributed by atoms with Gasteiger partial charge >= 0.3 is 0 Å². The summed E-state index contributed by atoms with van der Waals surface area (Å²) in [6.45, 7) is 2.06. The monoisotopic (exact) mass is 309 g/mol. The van der Waals surface area contributed by atoms with E-state index in [2.05, 4.69) is 22.5 Å². The second kappa shape index (κ2) is 5.03. The average molecular weight is 309 g/mol. The molecule has 1 aromatic carbocycles. The van der Waals surface area contributed by atoms with Gasteiger partial charge in [-0.2, -0.15) is 0 Å². The van der Waals surface area contributed by atoms with E-state index in [-0.39, 0.29) is 5.82 Å². The van der Waals surface area contributed by atoms with Crippen LogP contribution in [0.3, 0.4) is 0 Å². The molecule has 0 amide bonds. The van der Waals surface area contributed by atoms with Crippen LogP contribution in [0.25, 0.3) is 27.5 Å². The van der Waals surface area contributed by atoms with Crippen LogP contribution >= 0.6 is 11.3 Å². The largest absolute Gasteiger partial charge is 0.289 e. The third-order valence-electron chi connectivity index (χ3n) is 3.49. The van der Waals surface area contributed by atoms with Gasteiger partial charge in [0.05, 0.1) is 11.4 Å². The number of hydrogen-bond donors (Lipinski definition) is 0. The highest BCUT2D eigenvalue weighted by molar-refractivity contribution is 7.17. The predicted octanol–water partition coefficient (Wildman–Crippen LogP) is 4.57. The van der Waals surface area contributed by atoms with E-state index in [0.717, 1.165) is 27.5 Å². The van der Waals surface area contributed by atoms with Crippen molar-refractivity contribution in [2.75, 3.05) is 0 Å². The molecule has 3 aromatic heterocycles. The van der Waals surface area contributed by atoms with Gasteiger partial charge in [0.15, 0.2) is 4.96 Å². The number of aromatic nitrogens is 3. The zero-order valence-corrected chi connectivity index (χ0v) is 12.6. The lowest BCUT2D eigenvalue weighted by molar-refractivity contribution is 0.628. The SMILES string of the molecule is Cc1cn2c(-c3cccnc3)c(-c3ccc(F)cc3)nc2s1. The molecule has 3 nitrogen and oxygen atoms in total. The van der Waals surface area contributed by atoms with E-state index >= 15 is 0 Å². The van der Waals surface area contributed by atoms with Crippen molar-refractivity contribution >= 4 is 16.3 Å². The molecule has 0 radical (unpaired) electrons. The van der Waals surface area contributed by atoms with E-state index in [1.54, 1.807) is 29.7 Å². The van der Waals surface area contributed by atoms with Crippen LogP contribution in [0.15, 0.2) is 55.0 Å². The molecule has 0 aliphatic carbocycles. The molecule has 0 N–H and O–H groups in total. The summed E-state index contributed by atoms with van der Waals surface area (Å²) in [5.74, 6) is -0.247. The molecule has 0 spiro atoms. The molecule has 3 heterocycles. The highest BCUT2D eigenvalue weighted by Gasteiger charge is 2.17. The van der Waals surface area contributed by atoms with Gasteiger partial charge in [-0.05, 0) is 43.3 Å². The topological polar surface area (TPSA) is 30.2 Å². The Hall–Kier alpha value is -2.53. The molecule has 5 heteroatoms. The molecule has 4 aromatic rings. The first-order valence-corrected chi connectivity index (χ1v) is 7.69. The summed E-state index contributed by atoms with van der Waals surface area (Å²) in [5.41, 5.74) is 3.72. The van der Waals surface area contributed by atoms with E-state index < -0.39 is 0 Å². The van der Waals surface area contributed by atoms with Crippen LogP contribution in [-0.4, -0.2) is 14.4 Å². The molecular formula is C17H12FN3S. The third-order valence-corrected chi connectivity index (χ3v) is 4.39. The number of benzene rings is 1. The van der Waals surface area contributed by atoms with Gasteiger partial charge < -0.3 is 0 Å². The van der Waals surface area contributed by atoms with Crippen LogP contribution in [0, 0.1) is 12.7 Å². The number of halogens is 1. The molecule has 0 saturated carbocycles. The van der Waals surface area contributed by atoms with Crippen LogP contribution in [0.2, 0.25) is 0 Å². The Bertz CT molecular complexity index is 939. The molecule has 108 valence electrons. The normalized spacial score (nSPS) is 11.2. The number of pyridine rings is 1. The quantitative estimate of drug-likeness (QED) is 0.543. The van der Waals surface area contributed by atoms with E-state index in [9.17, 15) is 4.39 Å². The minimum absolute atomic E-state index is 0.247. The van der Waals surface area contributed by atoms with E-state index in [1.165, 1.54) is 17.0 Å². The van der Waals surface area contributed by atoms with Crippen LogP contribution in [-0.2, 0) is 0 Å². The molecule has 0 aliphatic rings. The molecule has 0 bridgehead atoms. The molecular weight excluding hydrogens is 297 g/mol. The number of fused-ring (bicyclic) bond motifs is 1. The van der Waals surface area contributed by atoms with Gasteiger partial charge in [-0.1, -0.05) is 0 Å². The first-order valence-electron chi connectivity index (χ1n) is 6.87. The smallest absolute Gasteiger partial charge is 0.194 e. The van der Waals surface area contributed by atoms with Crippen molar-refractivity contribution in [1.82, 2.24) is 14.4 Å². The van der Waals surface area contributed by atoms with Gasteiger partial charge in [0.25, 0.3) is 0 Å². The molecule has 22 heavy (non-hydrogen) atoms. The summed E-state index contributed by atoms with van der Waals surface area (Å²) < 4.78 is 15.3. The van der Waals surface area contributed by atoms with Crippen molar-refractivity contribution < 1.29 is 4.39 Å². The van der Waals surface area contributed by atoms with E-state index in [0.29, 0.717) is 0 Å². The zero-order chi connectivity index (χ0) is 15.1. The van der Waals surface area contributed by atoms with Gasteiger partial charge in [0.2, 0.25) is 0 Å². The summed E-state index contributed by atoms with van der Waals surface area (Å²) in [6.07, 6.45) is 5.64. The molecule has 0 fully saturated rings. The number of rotatable bonds is 2. The molecule has 0 atom stereocenters. The Labute approximate surface area is 130 Å². The fourth-order valence-electron chi connectivity index (χ4n) is 2.54. The van der Waals surface area contributed by atoms with Crippen molar-refractivity contribution in [2.45, 2.75) is 6.92 Å². The molecule has 0 unspecified atom stereocenters. The van der Waals surface area contributed by atoms with Crippen LogP contribution < -0.4 is 0 Å². The lowest BCUT2D eigenvalue weighted by atomic mass is 10.1. The van der Waals surface area contributed by atoms with Gasteiger partial charge in [-0.3, -0.25) is 9.38 Å². The van der Waals surface area contributed by atoms with Crippen LogP contribution in [0.5, 0.6) is 0 Å². The summed E-state index contributed by atoms with van der Waals surface area (Å²) in [5, 5.41) is 0. The highest BCUT2D eigenvalue weighted by atomic mass is 32.1. The summed E-state index contributed by atoms with van der Waals surface area (Å²) in [6, 6.07) is 10.4. The Kier molecular flexibility index (Phi) is 3.01. The standard InChI is InChI=1S/C17H12FN3S/c1-11-10-21-16(13-3-2-8-19-9-13)15(20-17(21)22-11)12-4-6-14(18)7-5-12/h2-10H,1H3. The Morgan fingerprint density at radius 2 is 1.91 bits per heavy atom. The van der Waals surface area contributed by atoms with Crippen LogP contribution in [0.1, 0.15) is 4.88 Å². The summed E-state index contributed by atoms with van der Waals surface area (Å²) in [7, 11) is 0. The average Bonchev–Trinajstić information content (AvgIpc) is 3.04. The molecule has 4 rings (SSSR count). The predicted molar refractivity (Wildman–Crippen MR) is 86.4 cm³/mol. The Morgan fingerprint density at radius 3 is 2.64 bits per heavy atom. The van der Waals surface area contributed by atoms with E-state index in [1.807, 2.05) is 18.3 Å².